The maximum Gasteiger partial charge on any atom is 0.226 e. The van der Waals surface area contributed by atoms with Gasteiger partial charge in [0.2, 0.25) is 5.89 Å². The Bertz CT molecular complexity index is 279. The molecule has 1 aliphatic rings. The SMILES string of the molecule is NCCc1noc(CC2CCCC2)n1. The standard InChI is InChI=1S/C10H17N3O/c11-6-5-9-12-10(14-13-9)7-8-3-1-2-4-8/h8H,1-7,11H2. The quantitative estimate of drug-likeness (QED) is 0.786. The lowest BCUT2D eigenvalue weighted by Crippen LogP contribution is -2.04. The first-order chi connectivity index (χ1) is 6.88. The van der Waals surface area contributed by atoms with Gasteiger partial charge in [0.15, 0.2) is 5.82 Å². The highest BCUT2D eigenvalue weighted by Crippen LogP contribution is 2.27. The van der Waals surface area contributed by atoms with E-state index in [1.165, 1.54) is 25.7 Å². The first-order valence-electron chi connectivity index (χ1n) is 5.40. The Morgan fingerprint density at radius 2 is 2.14 bits per heavy atom. The lowest BCUT2D eigenvalue weighted by Gasteiger charge is -2.02. The first-order valence-corrected chi connectivity index (χ1v) is 5.40. The molecule has 0 aliphatic heterocycles. The lowest BCUT2D eigenvalue weighted by molar-refractivity contribution is 0.349. The largest absolute Gasteiger partial charge is 0.339 e. The third-order valence-corrected chi connectivity index (χ3v) is 2.82. The highest BCUT2D eigenvalue weighted by atomic mass is 16.5. The molecule has 0 unspecified atom stereocenters. The molecule has 1 heterocycles. The van der Waals surface area contributed by atoms with Crippen molar-refractivity contribution in [2.45, 2.75) is 38.5 Å². The van der Waals surface area contributed by atoms with Gasteiger partial charge in [-0.3, -0.25) is 0 Å². The molecule has 2 rings (SSSR count). The van der Waals surface area contributed by atoms with Crippen LogP contribution in [-0.4, -0.2) is 16.7 Å². The van der Waals surface area contributed by atoms with Gasteiger partial charge in [-0.15, -0.1) is 0 Å². The topological polar surface area (TPSA) is 64.9 Å². The van der Waals surface area contributed by atoms with Crippen molar-refractivity contribution in [2.24, 2.45) is 11.7 Å². The fourth-order valence-electron chi connectivity index (χ4n) is 2.07. The molecule has 0 amide bonds. The zero-order valence-corrected chi connectivity index (χ0v) is 8.41. The van der Waals surface area contributed by atoms with Crippen LogP contribution < -0.4 is 5.73 Å². The summed E-state index contributed by atoms with van der Waals surface area (Å²) in [6.07, 6.45) is 7.01. The van der Waals surface area contributed by atoms with E-state index in [0.29, 0.717) is 13.0 Å². The molecule has 0 saturated heterocycles. The Hall–Kier alpha value is -0.900. The molecule has 0 bridgehead atoms. The minimum atomic E-state index is 0.586. The average molecular weight is 195 g/mol. The molecule has 0 spiro atoms. The maximum absolute atomic E-state index is 5.41. The molecule has 1 aromatic rings. The van der Waals surface area contributed by atoms with Crippen molar-refractivity contribution >= 4 is 0 Å². The summed E-state index contributed by atoms with van der Waals surface area (Å²) in [7, 11) is 0. The molecule has 0 aromatic carbocycles. The van der Waals surface area contributed by atoms with Gasteiger partial charge >= 0.3 is 0 Å². The van der Waals surface area contributed by atoms with Gasteiger partial charge in [-0.25, -0.2) is 0 Å². The van der Waals surface area contributed by atoms with Gasteiger partial charge in [0.25, 0.3) is 0 Å². The van der Waals surface area contributed by atoms with E-state index in [2.05, 4.69) is 10.1 Å². The van der Waals surface area contributed by atoms with Crippen molar-refractivity contribution in [3.63, 3.8) is 0 Å². The van der Waals surface area contributed by atoms with Crippen LogP contribution in [0.25, 0.3) is 0 Å². The van der Waals surface area contributed by atoms with Crippen molar-refractivity contribution in [1.29, 1.82) is 0 Å². The molecular weight excluding hydrogens is 178 g/mol. The molecule has 78 valence electrons. The summed E-state index contributed by atoms with van der Waals surface area (Å²) in [5, 5.41) is 3.88. The van der Waals surface area contributed by atoms with Crippen LogP contribution in [0.5, 0.6) is 0 Å². The molecule has 0 atom stereocenters. The summed E-state index contributed by atoms with van der Waals surface area (Å²) in [5.41, 5.74) is 5.41. The van der Waals surface area contributed by atoms with E-state index in [9.17, 15) is 0 Å². The van der Waals surface area contributed by atoms with Crippen LogP contribution in [0.4, 0.5) is 0 Å². The van der Waals surface area contributed by atoms with Gasteiger partial charge in [-0.2, -0.15) is 4.98 Å². The van der Waals surface area contributed by atoms with Crippen LogP contribution in [0, 0.1) is 5.92 Å². The van der Waals surface area contributed by atoms with Crippen LogP contribution in [0.15, 0.2) is 4.52 Å². The van der Waals surface area contributed by atoms with Gasteiger partial charge in [0.1, 0.15) is 0 Å². The second-order valence-electron chi connectivity index (χ2n) is 4.00. The summed E-state index contributed by atoms with van der Waals surface area (Å²) in [4.78, 5) is 4.31. The molecule has 1 saturated carbocycles. The Morgan fingerprint density at radius 1 is 1.36 bits per heavy atom. The van der Waals surface area contributed by atoms with Crippen molar-refractivity contribution in [3.8, 4) is 0 Å². The van der Waals surface area contributed by atoms with Crippen molar-refractivity contribution in [2.75, 3.05) is 6.54 Å². The van der Waals surface area contributed by atoms with Crippen LogP contribution in [0.3, 0.4) is 0 Å². The summed E-state index contributed by atoms with van der Waals surface area (Å²) in [6, 6.07) is 0. The Kier molecular flexibility index (Phi) is 3.14. The van der Waals surface area contributed by atoms with E-state index in [-0.39, 0.29) is 0 Å². The van der Waals surface area contributed by atoms with Gasteiger partial charge < -0.3 is 10.3 Å². The molecule has 14 heavy (non-hydrogen) atoms. The summed E-state index contributed by atoms with van der Waals surface area (Å²) in [6.45, 7) is 0.586. The Morgan fingerprint density at radius 3 is 2.86 bits per heavy atom. The minimum absolute atomic E-state index is 0.586. The molecular formula is C10H17N3O. The number of nitrogens with two attached hydrogens (primary N) is 1. The highest BCUT2D eigenvalue weighted by Gasteiger charge is 2.18. The van der Waals surface area contributed by atoms with E-state index in [4.69, 9.17) is 10.3 Å². The van der Waals surface area contributed by atoms with Crippen molar-refractivity contribution in [3.05, 3.63) is 11.7 Å². The molecule has 4 heteroatoms. The van der Waals surface area contributed by atoms with Crippen LogP contribution in [-0.2, 0) is 12.8 Å². The minimum Gasteiger partial charge on any atom is -0.339 e. The average Bonchev–Trinajstić information content (AvgIpc) is 2.79. The molecule has 1 aliphatic carbocycles. The number of nitrogens with zero attached hydrogens (tertiary/aromatic N) is 2. The van der Waals surface area contributed by atoms with Gasteiger partial charge in [-0.05, 0) is 25.3 Å². The third kappa shape index (κ3) is 2.32. The smallest absolute Gasteiger partial charge is 0.226 e. The second-order valence-corrected chi connectivity index (χ2v) is 4.00. The fourth-order valence-corrected chi connectivity index (χ4v) is 2.07. The maximum atomic E-state index is 5.41. The van der Waals surface area contributed by atoms with E-state index >= 15 is 0 Å². The molecule has 2 N–H and O–H groups in total. The fraction of sp³-hybridized carbons (Fsp3) is 0.800. The van der Waals surface area contributed by atoms with Gasteiger partial charge in [0.05, 0.1) is 0 Å². The highest BCUT2D eigenvalue weighted by molar-refractivity contribution is 4.89. The number of hydrogen-bond donors (Lipinski definition) is 1. The van der Waals surface area contributed by atoms with Crippen LogP contribution in [0.2, 0.25) is 0 Å². The monoisotopic (exact) mass is 195 g/mol. The predicted molar refractivity (Wildman–Crippen MR) is 52.7 cm³/mol. The van der Waals surface area contributed by atoms with Gasteiger partial charge in [-0.1, -0.05) is 18.0 Å². The normalized spacial score (nSPS) is 17.8. The van der Waals surface area contributed by atoms with Crippen molar-refractivity contribution < 1.29 is 4.52 Å². The number of aromatic nitrogens is 2. The summed E-state index contributed by atoms with van der Waals surface area (Å²) in [5.74, 6) is 2.31. The zero-order valence-electron chi connectivity index (χ0n) is 8.41. The van der Waals surface area contributed by atoms with E-state index in [1.807, 2.05) is 0 Å². The zero-order chi connectivity index (χ0) is 9.80. The van der Waals surface area contributed by atoms with E-state index in [1.54, 1.807) is 0 Å². The second kappa shape index (κ2) is 4.55. The molecule has 4 nitrogen and oxygen atoms in total. The first kappa shape index (κ1) is 9.65. The predicted octanol–water partition coefficient (Wildman–Crippen LogP) is 1.30. The summed E-state index contributed by atoms with van der Waals surface area (Å²) >= 11 is 0. The number of rotatable bonds is 4. The summed E-state index contributed by atoms with van der Waals surface area (Å²) < 4.78 is 5.16. The Balaban J connectivity index is 1.88. The number of hydrogen-bond acceptors (Lipinski definition) is 4. The van der Waals surface area contributed by atoms with Crippen LogP contribution >= 0.6 is 0 Å². The lowest BCUT2D eigenvalue weighted by atomic mass is 10.0. The van der Waals surface area contributed by atoms with Crippen molar-refractivity contribution in [1.82, 2.24) is 10.1 Å². The van der Waals surface area contributed by atoms with Gasteiger partial charge in [0, 0.05) is 12.8 Å². The molecule has 1 fully saturated rings. The third-order valence-electron chi connectivity index (χ3n) is 2.82. The van der Waals surface area contributed by atoms with E-state index in [0.717, 1.165) is 24.1 Å². The molecule has 0 radical (unpaired) electrons. The molecule has 1 aromatic heterocycles. The van der Waals surface area contributed by atoms with Crippen LogP contribution in [0.1, 0.15) is 37.4 Å². The van der Waals surface area contributed by atoms with E-state index < -0.39 is 0 Å². The Labute approximate surface area is 83.9 Å².